The van der Waals surface area contributed by atoms with E-state index < -0.39 is 5.97 Å². The number of hydrogen-bond donors (Lipinski definition) is 2. The SMILES string of the molecule is CC1CN(C(=O)NC(CCC(=O)O)Cc2ccccc2)CC(c2ccccc2)O1. The first-order valence-corrected chi connectivity index (χ1v) is 10.0. The summed E-state index contributed by atoms with van der Waals surface area (Å²) in [5, 5.41) is 12.1. The lowest BCUT2D eigenvalue weighted by molar-refractivity contribution is -0.137. The van der Waals surface area contributed by atoms with E-state index in [0.29, 0.717) is 25.9 Å². The Balaban J connectivity index is 1.66. The highest BCUT2D eigenvalue weighted by molar-refractivity contribution is 5.75. The molecule has 0 radical (unpaired) electrons. The molecule has 0 spiro atoms. The van der Waals surface area contributed by atoms with Gasteiger partial charge in [-0.25, -0.2) is 4.79 Å². The maximum Gasteiger partial charge on any atom is 0.317 e. The van der Waals surface area contributed by atoms with E-state index in [9.17, 15) is 9.59 Å². The summed E-state index contributed by atoms with van der Waals surface area (Å²) in [6.07, 6.45) is 0.757. The Labute approximate surface area is 171 Å². The zero-order chi connectivity index (χ0) is 20.6. The normalized spacial score (nSPS) is 20.1. The van der Waals surface area contributed by atoms with Gasteiger partial charge in [-0.1, -0.05) is 60.7 Å². The van der Waals surface area contributed by atoms with Crippen LogP contribution in [0.4, 0.5) is 4.79 Å². The Hall–Kier alpha value is -2.86. The van der Waals surface area contributed by atoms with Crippen molar-refractivity contribution in [3.63, 3.8) is 0 Å². The smallest absolute Gasteiger partial charge is 0.317 e. The molecule has 3 atom stereocenters. The minimum absolute atomic E-state index is 0.0178. The van der Waals surface area contributed by atoms with Gasteiger partial charge in [0.15, 0.2) is 0 Å². The number of urea groups is 1. The first kappa shape index (κ1) is 20.9. The Morgan fingerprint density at radius 2 is 1.76 bits per heavy atom. The van der Waals surface area contributed by atoms with E-state index in [1.165, 1.54) is 0 Å². The number of carboxylic acids is 1. The third-order valence-electron chi connectivity index (χ3n) is 5.08. The van der Waals surface area contributed by atoms with Gasteiger partial charge in [0.05, 0.1) is 12.6 Å². The number of amides is 2. The number of carbonyl (C=O) groups is 2. The van der Waals surface area contributed by atoms with Gasteiger partial charge in [-0.05, 0) is 30.9 Å². The van der Waals surface area contributed by atoms with Crippen LogP contribution < -0.4 is 5.32 Å². The Morgan fingerprint density at radius 3 is 2.41 bits per heavy atom. The van der Waals surface area contributed by atoms with Crippen molar-refractivity contribution >= 4 is 12.0 Å². The second kappa shape index (κ2) is 10.1. The first-order valence-electron chi connectivity index (χ1n) is 10.0. The van der Waals surface area contributed by atoms with Crippen molar-refractivity contribution in [2.45, 2.75) is 44.4 Å². The average Bonchev–Trinajstić information content (AvgIpc) is 2.73. The zero-order valence-electron chi connectivity index (χ0n) is 16.7. The van der Waals surface area contributed by atoms with Crippen molar-refractivity contribution < 1.29 is 19.4 Å². The second-order valence-electron chi connectivity index (χ2n) is 7.52. The Kier molecular flexibility index (Phi) is 7.25. The molecule has 154 valence electrons. The monoisotopic (exact) mass is 396 g/mol. The predicted octanol–water partition coefficient (Wildman–Crippen LogP) is 3.63. The lowest BCUT2D eigenvalue weighted by atomic mass is 10.0. The molecule has 3 unspecified atom stereocenters. The third kappa shape index (κ3) is 6.32. The quantitative estimate of drug-likeness (QED) is 0.749. The van der Waals surface area contributed by atoms with Crippen molar-refractivity contribution in [3.8, 4) is 0 Å². The molecule has 0 bridgehead atoms. The Bertz CT molecular complexity index is 797. The van der Waals surface area contributed by atoms with Crippen LogP contribution in [0.15, 0.2) is 60.7 Å². The molecule has 0 aliphatic carbocycles. The number of ether oxygens (including phenoxy) is 1. The molecule has 1 fully saturated rings. The average molecular weight is 396 g/mol. The van der Waals surface area contributed by atoms with E-state index in [0.717, 1.165) is 11.1 Å². The topological polar surface area (TPSA) is 78.9 Å². The van der Waals surface area contributed by atoms with Crippen LogP contribution in [0.1, 0.15) is 37.0 Å². The molecule has 0 saturated carbocycles. The first-order chi connectivity index (χ1) is 14.0. The van der Waals surface area contributed by atoms with Crippen LogP contribution in [0.25, 0.3) is 0 Å². The van der Waals surface area contributed by atoms with Crippen molar-refractivity contribution in [2.75, 3.05) is 13.1 Å². The fraction of sp³-hybridized carbons (Fsp3) is 0.391. The molecule has 2 N–H and O–H groups in total. The summed E-state index contributed by atoms with van der Waals surface area (Å²) in [6.45, 7) is 2.94. The van der Waals surface area contributed by atoms with Crippen LogP contribution in [0, 0.1) is 0 Å². The maximum absolute atomic E-state index is 13.0. The number of nitrogens with one attached hydrogen (secondary N) is 1. The molecule has 1 saturated heterocycles. The summed E-state index contributed by atoms with van der Waals surface area (Å²) in [7, 11) is 0. The maximum atomic E-state index is 13.0. The number of morpholine rings is 1. The van der Waals surface area contributed by atoms with Gasteiger partial charge < -0.3 is 20.1 Å². The minimum atomic E-state index is -0.860. The molecular formula is C23H28N2O4. The van der Waals surface area contributed by atoms with E-state index >= 15 is 0 Å². The standard InChI is InChI=1S/C23H28N2O4/c1-17-15-25(16-21(29-17)19-10-6-3-7-11-19)23(28)24-20(12-13-22(26)27)14-18-8-4-2-5-9-18/h2-11,17,20-21H,12-16H2,1H3,(H,24,28)(H,26,27). The van der Waals surface area contributed by atoms with E-state index in [1.807, 2.05) is 67.6 Å². The van der Waals surface area contributed by atoms with Crippen LogP contribution in [-0.2, 0) is 16.0 Å². The number of benzene rings is 2. The molecule has 6 nitrogen and oxygen atoms in total. The summed E-state index contributed by atoms with van der Waals surface area (Å²) >= 11 is 0. The van der Waals surface area contributed by atoms with Gasteiger partial charge >= 0.3 is 12.0 Å². The van der Waals surface area contributed by atoms with Crippen LogP contribution in [0.3, 0.4) is 0 Å². The number of nitrogens with zero attached hydrogens (tertiary/aromatic N) is 1. The van der Waals surface area contributed by atoms with Gasteiger partial charge in [-0.3, -0.25) is 4.79 Å². The van der Waals surface area contributed by atoms with Crippen molar-refractivity contribution in [1.82, 2.24) is 10.2 Å². The van der Waals surface area contributed by atoms with E-state index in [1.54, 1.807) is 4.90 Å². The van der Waals surface area contributed by atoms with Gasteiger partial charge in [0.25, 0.3) is 0 Å². The second-order valence-corrected chi connectivity index (χ2v) is 7.52. The summed E-state index contributed by atoms with van der Waals surface area (Å²) in [4.78, 5) is 25.8. The largest absolute Gasteiger partial charge is 0.481 e. The van der Waals surface area contributed by atoms with Crippen LogP contribution >= 0.6 is 0 Å². The van der Waals surface area contributed by atoms with E-state index in [4.69, 9.17) is 9.84 Å². The fourth-order valence-electron chi connectivity index (χ4n) is 3.66. The Morgan fingerprint density at radius 1 is 1.10 bits per heavy atom. The zero-order valence-corrected chi connectivity index (χ0v) is 16.7. The molecule has 0 aromatic heterocycles. The minimum Gasteiger partial charge on any atom is -0.481 e. The molecule has 6 heteroatoms. The number of carbonyl (C=O) groups excluding carboxylic acids is 1. The summed E-state index contributed by atoms with van der Waals surface area (Å²) < 4.78 is 6.03. The highest BCUT2D eigenvalue weighted by Crippen LogP contribution is 2.25. The molecule has 1 heterocycles. The van der Waals surface area contributed by atoms with Crippen LogP contribution in [0.2, 0.25) is 0 Å². The number of rotatable bonds is 7. The lowest BCUT2D eigenvalue weighted by Crippen LogP contribution is -2.52. The van der Waals surface area contributed by atoms with Gasteiger partial charge in [0.2, 0.25) is 0 Å². The van der Waals surface area contributed by atoms with Gasteiger partial charge in [0.1, 0.15) is 6.10 Å². The highest BCUT2D eigenvalue weighted by atomic mass is 16.5. The fourth-order valence-corrected chi connectivity index (χ4v) is 3.66. The number of hydrogen-bond acceptors (Lipinski definition) is 3. The molecule has 2 aromatic carbocycles. The molecule has 2 amide bonds. The molecule has 2 aromatic rings. The summed E-state index contributed by atoms with van der Waals surface area (Å²) in [5.41, 5.74) is 2.12. The molecule has 29 heavy (non-hydrogen) atoms. The van der Waals surface area contributed by atoms with Crippen molar-refractivity contribution in [2.24, 2.45) is 0 Å². The number of aliphatic carboxylic acids is 1. The van der Waals surface area contributed by atoms with Crippen LogP contribution in [0.5, 0.6) is 0 Å². The van der Waals surface area contributed by atoms with Gasteiger partial charge in [0, 0.05) is 19.0 Å². The third-order valence-corrected chi connectivity index (χ3v) is 5.08. The summed E-state index contributed by atoms with van der Waals surface area (Å²) in [5.74, 6) is -0.860. The van der Waals surface area contributed by atoms with Gasteiger partial charge in [-0.2, -0.15) is 0 Å². The van der Waals surface area contributed by atoms with E-state index in [-0.39, 0.29) is 30.7 Å². The molecule has 1 aliphatic rings. The van der Waals surface area contributed by atoms with E-state index in [2.05, 4.69) is 5.32 Å². The summed E-state index contributed by atoms with van der Waals surface area (Å²) in [6, 6.07) is 19.3. The van der Waals surface area contributed by atoms with Crippen LogP contribution in [-0.4, -0.2) is 47.2 Å². The molecule has 3 rings (SSSR count). The predicted molar refractivity (Wildman–Crippen MR) is 111 cm³/mol. The lowest BCUT2D eigenvalue weighted by Gasteiger charge is -2.37. The number of carboxylic acid groups (broad SMARTS) is 1. The van der Waals surface area contributed by atoms with Crippen molar-refractivity contribution in [1.29, 1.82) is 0 Å². The van der Waals surface area contributed by atoms with Gasteiger partial charge in [-0.15, -0.1) is 0 Å². The van der Waals surface area contributed by atoms with Crippen molar-refractivity contribution in [3.05, 3.63) is 71.8 Å². The molecular weight excluding hydrogens is 368 g/mol. The highest BCUT2D eigenvalue weighted by Gasteiger charge is 2.30. The molecule has 1 aliphatic heterocycles.